The van der Waals surface area contributed by atoms with Crippen LogP contribution in [0.1, 0.15) is 25.7 Å². The Hall–Kier alpha value is -0.810. The Bertz CT molecular complexity index is 241. The lowest BCUT2D eigenvalue weighted by atomic mass is 10.2. The van der Waals surface area contributed by atoms with Crippen LogP contribution in [0.5, 0.6) is 0 Å². The van der Waals surface area contributed by atoms with Crippen LogP contribution < -0.4 is 10.6 Å². The van der Waals surface area contributed by atoms with Gasteiger partial charge >= 0.3 is 6.03 Å². The summed E-state index contributed by atoms with van der Waals surface area (Å²) in [4.78, 5) is 11.7. The van der Waals surface area contributed by atoms with Gasteiger partial charge in [0, 0.05) is 13.7 Å². The third kappa shape index (κ3) is 2.86. The highest BCUT2D eigenvalue weighted by molar-refractivity contribution is 5.74. The molecule has 5 nitrogen and oxygen atoms in total. The van der Waals surface area contributed by atoms with Gasteiger partial charge in [0.15, 0.2) is 0 Å². The normalized spacial score (nSPS) is 33.9. The second-order valence-electron chi connectivity index (χ2n) is 4.49. The Morgan fingerprint density at radius 3 is 2.88 bits per heavy atom. The number of carbonyl (C=O) groups excluding carboxylic acids is 1. The lowest BCUT2D eigenvalue weighted by Crippen LogP contribution is -2.49. The van der Waals surface area contributed by atoms with Crippen molar-refractivity contribution in [3.8, 4) is 0 Å². The van der Waals surface area contributed by atoms with Gasteiger partial charge in [0.2, 0.25) is 0 Å². The SMILES string of the molecule is COC1CCCC1NC(=O)NC1CCOC1. The van der Waals surface area contributed by atoms with Gasteiger partial charge in [-0.05, 0) is 25.7 Å². The Morgan fingerprint density at radius 2 is 2.19 bits per heavy atom. The van der Waals surface area contributed by atoms with Crippen molar-refractivity contribution < 1.29 is 14.3 Å². The highest BCUT2D eigenvalue weighted by Crippen LogP contribution is 2.21. The molecule has 1 aliphatic heterocycles. The Labute approximate surface area is 95.9 Å². The van der Waals surface area contributed by atoms with Gasteiger partial charge in [0.25, 0.3) is 0 Å². The van der Waals surface area contributed by atoms with Crippen molar-refractivity contribution in [2.24, 2.45) is 0 Å². The topological polar surface area (TPSA) is 59.6 Å². The summed E-state index contributed by atoms with van der Waals surface area (Å²) >= 11 is 0. The molecule has 1 heterocycles. The largest absolute Gasteiger partial charge is 0.379 e. The van der Waals surface area contributed by atoms with Crippen LogP contribution in [0.2, 0.25) is 0 Å². The molecule has 0 radical (unpaired) electrons. The Balaban J connectivity index is 1.73. The van der Waals surface area contributed by atoms with Gasteiger partial charge in [0.1, 0.15) is 0 Å². The molecule has 1 saturated carbocycles. The summed E-state index contributed by atoms with van der Waals surface area (Å²) < 4.78 is 10.5. The van der Waals surface area contributed by atoms with Crippen molar-refractivity contribution in [3.63, 3.8) is 0 Å². The van der Waals surface area contributed by atoms with Crippen LogP contribution in [0, 0.1) is 0 Å². The zero-order valence-corrected chi connectivity index (χ0v) is 9.70. The van der Waals surface area contributed by atoms with E-state index in [1.165, 1.54) is 0 Å². The summed E-state index contributed by atoms with van der Waals surface area (Å²) in [5.41, 5.74) is 0. The Kier molecular flexibility index (Phi) is 4.01. The van der Waals surface area contributed by atoms with Crippen LogP contribution in [-0.2, 0) is 9.47 Å². The molecule has 1 aliphatic carbocycles. The van der Waals surface area contributed by atoms with E-state index < -0.39 is 0 Å². The summed E-state index contributed by atoms with van der Waals surface area (Å²) in [7, 11) is 1.70. The minimum absolute atomic E-state index is 0.0931. The molecule has 2 amide bonds. The van der Waals surface area contributed by atoms with Gasteiger partial charge in [-0.15, -0.1) is 0 Å². The number of rotatable bonds is 3. The van der Waals surface area contributed by atoms with Crippen molar-refractivity contribution in [3.05, 3.63) is 0 Å². The van der Waals surface area contributed by atoms with Crippen LogP contribution >= 0.6 is 0 Å². The first-order valence-electron chi connectivity index (χ1n) is 5.97. The van der Waals surface area contributed by atoms with Gasteiger partial charge in [-0.25, -0.2) is 4.79 Å². The van der Waals surface area contributed by atoms with E-state index >= 15 is 0 Å². The summed E-state index contributed by atoms with van der Waals surface area (Å²) in [5, 5.41) is 5.90. The van der Waals surface area contributed by atoms with E-state index in [-0.39, 0.29) is 24.2 Å². The third-order valence-corrected chi connectivity index (χ3v) is 3.34. The number of hydrogen-bond acceptors (Lipinski definition) is 3. The van der Waals surface area contributed by atoms with Crippen LogP contribution in [-0.4, -0.2) is 44.5 Å². The second kappa shape index (κ2) is 5.50. The molecule has 16 heavy (non-hydrogen) atoms. The molecule has 1 saturated heterocycles. The molecule has 2 fully saturated rings. The lowest BCUT2D eigenvalue weighted by molar-refractivity contribution is 0.0872. The van der Waals surface area contributed by atoms with Crippen molar-refractivity contribution in [2.45, 2.75) is 43.9 Å². The first kappa shape index (κ1) is 11.7. The first-order valence-corrected chi connectivity index (χ1v) is 5.97. The molecule has 2 rings (SSSR count). The quantitative estimate of drug-likeness (QED) is 0.745. The molecule has 2 aliphatic rings. The fraction of sp³-hybridized carbons (Fsp3) is 0.909. The average molecular weight is 228 g/mol. The Morgan fingerprint density at radius 1 is 1.31 bits per heavy atom. The van der Waals surface area contributed by atoms with Crippen LogP contribution in [0.15, 0.2) is 0 Å². The molecule has 0 aromatic heterocycles. The number of urea groups is 1. The van der Waals surface area contributed by atoms with E-state index in [1.54, 1.807) is 7.11 Å². The molecule has 5 heteroatoms. The predicted octanol–water partition coefficient (Wildman–Crippen LogP) is 0.642. The van der Waals surface area contributed by atoms with E-state index in [9.17, 15) is 4.79 Å². The summed E-state index contributed by atoms with van der Waals surface area (Å²) in [6.45, 7) is 1.38. The maximum absolute atomic E-state index is 11.7. The molecule has 3 unspecified atom stereocenters. The molecular weight excluding hydrogens is 208 g/mol. The fourth-order valence-electron chi connectivity index (χ4n) is 2.42. The molecule has 3 atom stereocenters. The van der Waals surface area contributed by atoms with Crippen molar-refractivity contribution >= 4 is 6.03 Å². The maximum Gasteiger partial charge on any atom is 0.315 e. The highest BCUT2D eigenvalue weighted by Gasteiger charge is 2.29. The second-order valence-corrected chi connectivity index (χ2v) is 4.49. The smallest absolute Gasteiger partial charge is 0.315 e. The molecule has 0 spiro atoms. The number of ether oxygens (including phenoxy) is 2. The summed E-state index contributed by atoms with van der Waals surface area (Å²) in [5.74, 6) is 0. The first-order chi connectivity index (χ1) is 7.79. The lowest BCUT2D eigenvalue weighted by Gasteiger charge is -2.21. The minimum Gasteiger partial charge on any atom is -0.379 e. The van der Waals surface area contributed by atoms with Gasteiger partial charge in [-0.1, -0.05) is 0 Å². The van der Waals surface area contributed by atoms with Crippen LogP contribution in [0.25, 0.3) is 0 Å². The van der Waals surface area contributed by atoms with E-state index in [0.717, 1.165) is 32.3 Å². The van der Waals surface area contributed by atoms with E-state index in [1.807, 2.05) is 0 Å². The predicted molar refractivity (Wildman–Crippen MR) is 59.3 cm³/mol. The summed E-state index contributed by atoms with van der Waals surface area (Å²) in [6, 6.07) is 0.235. The van der Waals surface area contributed by atoms with Crippen LogP contribution in [0.4, 0.5) is 4.79 Å². The fourth-order valence-corrected chi connectivity index (χ4v) is 2.42. The standard InChI is InChI=1S/C11H20N2O3/c1-15-10-4-2-3-9(10)13-11(14)12-8-5-6-16-7-8/h8-10H,2-7H2,1H3,(H2,12,13,14). The van der Waals surface area contributed by atoms with E-state index in [2.05, 4.69) is 10.6 Å². The number of carbonyl (C=O) groups is 1. The molecule has 0 bridgehead atoms. The van der Waals surface area contributed by atoms with Gasteiger partial charge < -0.3 is 20.1 Å². The highest BCUT2D eigenvalue weighted by atomic mass is 16.5. The monoisotopic (exact) mass is 228 g/mol. The van der Waals surface area contributed by atoms with Gasteiger partial charge in [-0.2, -0.15) is 0 Å². The molecule has 0 aromatic carbocycles. The number of nitrogens with one attached hydrogen (secondary N) is 2. The number of hydrogen-bond donors (Lipinski definition) is 2. The van der Waals surface area contributed by atoms with Gasteiger partial charge in [-0.3, -0.25) is 0 Å². The molecule has 2 N–H and O–H groups in total. The third-order valence-electron chi connectivity index (χ3n) is 3.34. The molecule has 92 valence electrons. The van der Waals surface area contributed by atoms with Gasteiger partial charge in [0.05, 0.1) is 24.8 Å². The van der Waals surface area contributed by atoms with Crippen molar-refractivity contribution in [1.29, 1.82) is 0 Å². The van der Waals surface area contributed by atoms with E-state index in [4.69, 9.17) is 9.47 Å². The number of amides is 2. The molecule has 0 aromatic rings. The minimum atomic E-state index is -0.0931. The van der Waals surface area contributed by atoms with Crippen molar-refractivity contribution in [2.75, 3.05) is 20.3 Å². The maximum atomic E-state index is 11.7. The zero-order valence-electron chi connectivity index (χ0n) is 9.70. The average Bonchev–Trinajstić information content (AvgIpc) is 2.88. The van der Waals surface area contributed by atoms with Crippen LogP contribution in [0.3, 0.4) is 0 Å². The molecular formula is C11H20N2O3. The zero-order chi connectivity index (χ0) is 11.4. The van der Waals surface area contributed by atoms with E-state index in [0.29, 0.717) is 6.61 Å². The summed E-state index contributed by atoms with van der Waals surface area (Å²) in [6.07, 6.45) is 4.24. The van der Waals surface area contributed by atoms with Crippen molar-refractivity contribution in [1.82, 2.24) is 10.6 Å². The number of methoxy groups -OCH3 is 1.